The van der Waals surface area contributed by atoms with Gasteiger partial charge in [-0.2, -0.15) is 5.10 Å². The quantitative estimate of drug-likeness (QED) is 0.273. The number of ether oxygens (including phenoxy) is 3. The van der Waals surface area contributed by atoms with Crippen LogP contribution < -0.4 is 4.74 Å². The van der Waals surface area contributed by atoms with Gasteiger partial charge in [-0.1, -0.05) is 42.0 Å². The third-order valence-corrected chi connectivity index (χ3v) is 6.26. The lowest BCUT2D eigenvalue weighted by molar-refractivity contribution is 0.00836. The Morgan fingerprint density at radius 1 is 1.19 bits per heavy atom. The van der Waals surface area contributed by atoms with Gasteiger partial charge in [0.2, 0.25) is 5.88 Å². The van der Waals surface area contributed by atoms with Crippen molar-refractivity contribution in [2.24, 2.45) is 0 Å². The van der Waals surface area contributed by atoms with Gasteiger partial charge in [-0.05, 0) is 51.0 Å². The van der Waals surface area contributed by atoms with Crippen LogP contribution in [0, 0.1) is 13.8 Å². The molecule has 1 aromatic heterocycles. The average molecular weight is 492 g/mol. The van der Waals surface area contributed by atoms with E-state index in [1.54, 1.807) is 6.08 Å². The molecule has 36 heavy (non-hydrogen) atoms. The normalized spacial score (nSPS) is 16.4. The summed E-state index contributed by atoms with van der Waals surface area (Å²) in [5, 5.41) is 15.5. The van der Waals surface area contributed by atoms with Crippen LogP contribution in [-0.4, -0.2) is 64.9 Å². The first-order valence-corrected chi connectivity index (χ1v) is 12.6. The van der Waals surface area contributed by atoms with Gasteiger partial charge in [0.25, 0.3) is 0 Å². The van der Waals surface area contributed by atoms with E-state index in [1.165, 1.54) is 5.56 Å². The topological polar surface area (TPSA) is 69.0 Å². The van der Waals surface area contributed by atoms with Gasteiger partial charge in [-0.3, -0.25) is 4.90 Å². The molecular formula is C29H37N3O4. The Labute approximate surface area is 213 Å². The maximum atomic E-state index is 10.7. The number of nitrogens with zero attached hydrogens (tertiary/aromatic N) is 3. The number of benzene rings is 2. The van der Waals surface area contributed by atoms with Crippen molar-refractivity contribution in [1.82, 2.24) is 14.7 Å². The summed E-state index contributed by atoms with van der Waals surface area (Å²) >= 11 is 0. The number of hydrogen-bond donors (Lipinski definition) is 1. The molecule has 7 nitrogen and oxygen atoms in total. The third-order valence-electron chi connectivity index (χ3n) is 6.26. The van der Waals surface area contributed by atoms with Gasteiger partial charge in [0.1, 0.15) is 5.75 Å². The predicted molar refractivity (Wildman–Crippen MR) is 141 cm³/mol. The largest absolute Gasteiger partial charge is 0.439 e. The minimum Gasteiger partial charge on any atom is -0.439 e. The number of aliphatic hydroxyl groups is 1. The second-order valence-corrected chi connectivity index (χ2v) is 9.34. The number of rotatable bonds is 13. The Bertz CT molecular complexity index is 1090. The lowest BCUT2D eigenvalue weighted by Crippen LogP contribution is -2.39. The molecule has 0 amide bonds. The summed E-state index contributed by atoms with van der Waals surface area (Å²) in [5.74, 6) is 1.43. The summed E-state index contributed by atoms with van der Waals surface area (Å²) in [6, 6.07) is 18.0. The van der Waals surface area contributed by atoms with Gasteiger partial charge < -0.3 is 19.3 Å². The maximum absolute atomic E-state index is 10.7. The molecule has 2 atom stereocenters. The Morgan fingerprint density at radius 2 is 1.97 bits per heavy atom. The molecule has 2 aromatic carbocycles. The highest BCUT2D eigenvalue weighted by Crippen LogP contribution is 2.32. The molecule has 0 bridgehead atoms. The summed E-state index contributed by atoms with van der Waals surface area (Å²) in [6.07, 6.45) is 3.30. The Hall–Kier alpha value is -2.97. The van der Waals surface area contributed by atoms with E-state index in [0.29, 0.717) is 25.6 Å². The van der Waals surface area contributed by atoms with E-state index in [1.807, 2.05) is 66.2 Å². The first kappa shape index (κ1) is 26.1. The van der Waals surface area contributed by atoms with Crippen LogP contribution in [0.5, 0.6) is 11.6 Å². The average Bonchev–Trinajstić information content (AvgIpc) is 3.49. The van der Waals surface area contributed by atoms with E-state index >= 15 is 0 Å². The van der Waals surface area contributed by atoms with Crippen LogP contribution >= 0.6 is 0 Å². The molecule has 3 aromatic rings. The zero-order valence-corrected chi connectivity index (χ0v) is 21.3. The lowest BCUT2D eigenvalue weighted by atomic mass is 10.1. The van der Waals surface area contributed by atoms with E-state index in [0.717, 1.165) is 48.7 Å². The first-order chi connectivity index (χ1) is 17.5. The van der Waals surface area contributed by atoms with Crippen LogP contribution in [0.4, 0.5) is 0 Å². The van der Waals surface area contributed by atoms with Gasteiger partial charge >= 0.3 is 0 Å². The van der Waals surface area contributed by atoms with Crippen molar-refractivity contribution in [3.63, 3.8) is 0 Å². The molecule has 1 fully saturated rings. The van der Waals surface area contributed by atoms with Crippen LogP contribution in [0.15, 0.2) is 67.3 Å². The van der Waals surface area contributed by atoms with Gasteiger partial charge in [-0.25, -0.2) is 4.68 Å². The molecule has 1 aliphatic rings. The summed E-state index contributed by atoms with van der Waals surface area (Å²) < 4.78 is 19.7. The van der Waals surface area contributed by atoms with Gasteiger partial charge in [0.15, 0.2) is 0 Å². The number of aryl methyl sites for hydroxylation is 2. The monoisotopic (exact) mass is 491 g/mol. The number of aromatic nitrogens is 2. The van der Waals surface area contributed by atoms with Crippen LogP contribution in [-0.2, 0) is 16.0 Å². The Balaban J connectivity index is 1.63. The van der Waals surface area contributed by atoms with Crippen molar-refractivity contribution in [2.75, 3.05) is 32.9 Å². The minimum atomic E-state index is -0.628. The van der Waals surface area contributed by atoms with E-state index in [4.69, 9.17) is 19.3 Å². The smallest absolute Gasteiger partial charge is 0.227 e. The van der Waals surface area contributed by atoms with E-state index in [-0.39, 0.29) is 12.7 Å². The SMILES string of the molecule is C=CCOCC(O)CN(Cc1c(C)nn(-c2ccccc2)c1Oc1ccc(C)cc1)CC1CCCO1. The number of aliphatic hydroxyl groups excluding tert-OH is 1. The van der Waals surface area contributed by atoms with E-state index in [9.17, 15) is 5.11 Å². The molecule has 0 aliphatic carbocycles. The summed E-state index contributed by atoms with van der Waals surface area (Å²) in [5.41, 5.74) is 3.97. The van der Waals surface area contributed by atoms with Crippen molar-refractivity contribution in [1.29, 1.82) is 0 Å². The van der Waals surface area contributed by atoms with Crippen LogP contribution in [0.2, 0.25) is 0 Å². The summed E-state index contributed by atoms with van der Waals surface area (Å²) in [7, 11) is 0. The highest BCUT2D eigenvalue weighted by Gasteiger charge is 2.26. The molecule has 0 radical (unpaired) electrons. The van der Waals surface area contributed by atoms with Gasteiger partial charge in [-0.15, -0.1) is 6.58 Å². The minimum absolute atomic E-state index is 0.150. The molecule has 2 heterocycles. The second kappa shape index (κ2) is 12.8. The molecule has 0 spiro atoms. The lowest BCUT2D eigenvalue weighted by Gasteiger charge is -2.27. The standard InChI is InChI=1S/C29H37N3O4/c1-4-16-34-21-25(33)18-31(19-27-11-8-17-35-27)20-28-23(3)30-32(24-9-6-5-7-10-24)29(28)36-26-14-12-22(2)13-15-26/h4-7,9-10,12-15,25,27,33H,1,8,11,16-21H2,2-3H3. The van der Waals surface area contributed by atoms with Crippen LogP contribution in [0.1, 0.15) is 29.7 Å². The highest BCUT2D eigenvalue weighted by molar-refractivity contribution is 5.43. The Morgan fingerprint density at radius 3 is 2.67 bits per heavy atom. The molecule has 0 saturated carbocycles. The van der Waals surface area contributed by atoms with Crippen LogP contribution in [0.3, 0.4) is 0 Å². The Kier molecular flexibility index (Phi) is 9.30. The van der Waals surface area contributed by atoms with Crippen LogP contribution in [0.25, 0.3) is 5.69 Å². The van der Waals surface area contributed by atoms with Crippen molar-refractivity contribution >= 4 is 0 Å². The fourth-order valence-corrected chi connectivity index (χ4v) is 4.43. The van der Waals surface area contributed by atoms with E-state index < -0.39 is 6.10 Å². The van der Waals surface area contributed by atoms with Crippen molar-refractivity contribution in [3.05, 3.63) is 84.1 Å². The fourth-order valence-electron chi connectivity index (χ4n) is 4.43. The second-order valence-electron chi connectivity index (χ2n) is 9.34. The highest BCUT2D eigenvalue weighted by atomic mass is 16.5. The van der Waals surface area contributed by atoms with Gasteiger partial charge in [0, 0.05) is 26.2 Å². The molecule has 192 valence electrons. The predicted octanol–water partition coefficient (Wildman–Crippen LogP) is 4.83. The molecule has 1 saturated heterocycles. The zero-order valence-electron chi connectivity index (χ0n) is 21.3. The van der Waals surface area contributed by atoms with Crippen molar-refractivity contribution in [3.8, 4) is 17.3 Å². The first-order valence-electron chi connectivity index (χ1n) is 12.6. The molecule has 2 unspecified atom stereocenters. The number of hydrogen-bond acceptors (Lipinski definition) is 6. The van der Waals surface area contributed by atoms with Crippen molar-refractivity contribution in [2.45, 2.75) is 45.4 Å². The molecule has 1 aliphatic heterocycles. The number of para-hydroxylation sites is 1. The molecular weight excluding hydrogens is 454 g/mol. The molecule has 7 heteroatoms. The maximum Gasteiger partial charge on any atom is 0.227 e. The summed E-state index contributed by atoms with van der Waals surface area (Å²) in [6.45, 7) is 10.9. The fraction of sp³-hybridized carbons (Fsp3) is 0.414. The van der Waals surface area contributed by atoms with Gasteiger partial charge in [0.05, 0.1) is 42.4 Å². The van der Waals surface area contributed by atoms with Crippen molar-refractivity contribution < 1.29 is 19.3 Å². The molecule has 1 N–H and O–H groups in total. The third kappa shape index (κ3) is 7.04. The summed E-state index contributed by atoms with van der Waals surface area (Å²) in [4.78, 5) is 2.22. The zero-order chi connectivity index (χ0) is 25.3. The molecule has 4 rings (SSSR count). The van der Waals surface area contributed by atoms with E-state index in [2.05, 4.69) is 18.4 Å².